The normalized spacial score (nSPS) is 12.7. The molecule has 1 N–H and O–H groups in total. The van der Waals surface area contributed by atoms with Crippen LogP contribution in [0.15, 0.2) is 24.5 Å². The lowest BCUT2D eigenvalue weighted by atomic mass is 10.3. The SMILES string of the molecule is CCCCS(=O)(=O)NCCN(Cc1cccnc1)S(C)(=O)=O. The quantitative estimate of drug-likeness (QED) is 0.666. The van der Waals surface area contributed by atoms with Crippen LogP contribution in [0.5, 0.6) is 0 Å². The molecule has 0 spiro atoms. The lowest BCUT2D eigenvalue weighted by Crippen LogP contribution is -2.38. The minimum atomic E-state index is -3.43. The Morgan fingerprint density at radius 3 is 2.55 bits per heavy atom. The van der Waals surface area contributed by atoms with Crippen LogP contribution < -0.4 is 4.72 Å². The number of nitrogens with one attached hydrogen (secondary N) is 1. The summed E-state index contributed by atoms with van der Waals surface area (Å²) in [5.41, 5.74) is 0.752. The number of rotatable bonds is 10. The topological polar surface area (TPSA) is 96.4 Å². The molecule has 0 atom stereocenters. The molecule has 0 aliphatic carbocycles. The lowest BCUT2D eigenvalue weighted by molar-refractivity contribution is 0.411. The van der Waals surface area contributed by atoms with E-state index in [0.717, 1.165) is 18.2 Å². The number of aromatic nitrogens is 1. The molecular formula is C13H23N3O4S2. The van der Waals surface area contributed by atoms with E-state index in [1.54, 1.807) is 24.5 Å². The number of unbranched alkanes of at least 4 members (excludes halogenated alkanes) is 1. The van der Waals surface area contributed by atoms with Gasteiger partial charge in [-0.25, -0.2) is 21.6 Å². The van der Waals surface area contributed by atoms with E-state index in [0.29, 0.717) is 6.42 Å². The molecule has 0 aliphatic rings. The molecule has 22 heavy (non-hydrogen) atoms. The van der Waals surface area contributed by atoms with Crippen molar-refractivity contribution in [3.8, 4) is 0 Å². The molecule has 1 rings (SSSR count). The fraction of sp³-hybridized carbons (Fsp3) is 0.615. The Kier molecular flexibility index (Phi) is 7.40. The molecule has 126 valence electrons. The van der Waals surface area contributed by atoms with Crippen molar-refractivity contribution in [2.45, 2.75) is 26.3 Å². The second kappa shape index (κ2) is 8.56. The van der Waals surface area contributed by atoms with E-state index >= 15 is 0 Å². The summed E-state index contributed by atoms with van der Waals surface area (Å²) in [7, 11) is -6.77. The highest BCUT2D eigenvalue weighted by Crippen LogP contribution is 2.06. The first kappa shape index (κ1) is 19.0. The average molecular weight is 349 g/mol. The third-order valence-corrected chi connectivity index (χ3v) is 5.72. The van der Waals surface area contributed by atoms with Gasteiger partial charge in [-0.05, 0) is 18.1 Å². The molecule has 0 saturated carbocycles. The zero-order valence-electron chi connectivity index (χ0n) is 12.9. The van der Waals surface area contributed by atoms with Gasteiger partial charge in [-0.2, -0.15) is 4.31 Å². The summed E-state index contributed by atoms with van der Waals surface area (Å²) >= 11 is 0. The van der Waals surface area contributed by atoms with Gasteiger partial charge in [0.05, 0.1) is 12.0 Å². The van der Waals surface area contributed by atoms with Crippen LogP contribution >= 0.6 is 0 Å². The summed E-state index contributed by atoms with van der Waals surface area (Å²) < 4.78 is 50.6. The smallest absolute Gasteiger partial charge is 0.211 e. The molecule has 0 fully saturated rings. The third-order valence-electron chi connectivity index (χ3n) is 3.00. The van der Waals surface area contributed by atoms with E-state index in [2.05, 4.69) is 9.71 Å². The molecule has 0 aromatic carbocycles. The minimum Gasteiger partial charge on any atom is -0.264 e. The van der Waals surface area contributed by atoms with Crippen molar-refractivity contribution in [2.75, 3.05) is 25.1 Å². The molecule has 1 aromatic heterocycles. The molecule has 1 heterocycles. The van der Waals surface area contributed by atoms with E-state index < -0.39 is 20.0 Å². The van der Waals surface area contributed by atoms with E-state index in [1.807, 2.05) is 6.92 Å². The Morgan fingerprint density at radius 2 is 2.00 bits per heavy atom. The zero-order valence-corrected chi connectivity index (χ0v) is 14.5. The van der Waals surface area contributed by atoms with Crippen LogP contribution in [0.25, 0.3) is 0 Å². The van der Waals surface area contributed by atoms with Crippen molar-refractivity contribution in [3.63, 3.8) is 0 Å². The van der Waals surface area contributed by atoms with Gasteiger partial charge in [0.1, 0.15) is 0 Å². The van der Waals surface area contributed by atoms with Crippen molar-refractivity contribution < 1.29 is 16.8 Å². The predicted octanol–water partition coefficient (Wildman–Crippen LogP) is 0.563. The Morgan fingerprint density at radius 1 is 1.27 bits per heavy atom. The second-order valence-electron chi connectivity index (χ2n) is 5.02. The fourth-order valence-corrected chi connectivity index (χ4v) is 3.81. The molecule has 0 unspecified atom stereocenters. The van der Waals surface area contributed by atoms with E-state index in [4.69, 9.17) is 0 Å². The average Bonchev–Trinajstić information content (AvgIpc) is 2.44. The molecule has 0 saturated heterocycles. The number of hydrogen-bond acceptors (Lipinski definition) is 5. The Bertz CT molecular complexity index is 645. The maximum absolute atomic E-state index is 11.8. The van der Waals surface area contributed by atoms with Gasteiger partial charge in [-0.15, -0.1) is 0 Å². The maximum atomic E-state index is 11.8. The highest BCUT2D eigenvalue weighted by atomic mass is 32.2. The van der Waals surface area contributed by atoms with Crippen molar-refractivity contribution >= 4 is 20.0 Å². The molecule has 7 nitrogen and oxygen atoms in total. The van der Waals surface area contributed by atoms with Gasteiger partial charge in [-0.3, -0.25) is 4.98 Å². The summed E-state index contributed by atoms with van der Waals surface area (Å²) in [6, 6.07) is 3.50. The molecule has 0 bridgehead atoms. The van der Waals surface area contributed by atoms with Crippen LogP contribution in [0.1, 0.15) is 25.3 Å². The molecule has 0 radical (unpaired) electrons. The lowest BCUT2D eigenvalue weighted by Gasteiger charge is -2.20. The van der Waals surface area contributed by atoms with Crippen LogP contribution in [0.3, 0.4) is 0 Å². The highest BCUT2D eigenvalue weighted by Gasteiger charge is 2.18. The van der Waals surface area contributed by atoms with Crippen LogP contribution in [0.2, 0.25) is 0 Å². The number of pyridine rings is 1. The predicted molar refractivity (Wildman–Crippen MR) is 86.2 cm³/mol. The van der Waals surface area contributed by atoms with Crippen molar-refractivity contribution in [2.24, 2.45) is 0 Å². The van der Waals surface area contributed by atoms with Crippen molar-refractivity contribution in [3.05, 3.63) is 30.1 Å². The Hall–Kier alpha value is -1.03. The standard InChI is InChI=1S/C13H23N3O4S2/c1-3-4-10-22(19,20)15-8-9-16(21(2,17)18)12-13-6-5-7-14-11-13/h5-7,11,15H,3-4,8-10,12H2,1-2H3. The van der Waals surface area contributed by atoms with E-state index in [9.17, 15) is 16.8 Å². The molecule has 0 aliphatic heterocycles. The molecule has 1 aromatic rings. The van der Waals surface area contributed by atoms with E-state index in [-0.39, 0.29) is 25.4 Å². The first-order valence-corrected chi connectivity index (χ1v) is 10.6. The van der Waals surface area contributed by atoms with Gasteiger partial charge in [0.25, 0.3) is 0 Å². The molecule has 0 amide bonds. The van der Waals surface area contributed by atoms with Gasteiger partial charge >= 0.3 is 0 Å². The summed E-state index contributed by atoms with van der Waals surface area (Å²) in [6.45, 7) is 2.22. The minimum absolute atomic E-state index is 0.0549. The monoisotopic (exact) mass is 349 g/mol. The summed E-state index contributed by atoms with van der Waals surface area (Å²) in [4.78, 5) is 3.94. The number of hydrogen-bond donors (Lipinski definition) is 1. The largest absolute Gasteiger partial charge is 0.264 e. The second-order valence-corrected chi connectivity index (χ2v) is 8.93. The molecule has 9 heteroatoms. The van der Waals surface area contributed by atoms with Crippen LogP contribution in [0, 0.1) is 0 Å². The third kappa shape index (κ3) is 7.30. The van der Waals surface area contributed by atoms with Crippen LogP contribution in [-0.2, 0) is 26.6 Å². The van der Waals surface area contributed by atoms with Gasteiger partial charge < -0.3 is 0 Å². The van der Waals surface area contributed by atoms with E-state index in [1.165, 1.54) is 4.31 Å². The number of nitrogens with zero attached hydrogens (tertiary/aromatic N) is 2. The first-order chi connectivity index (χ1) is 10.2. The van der Waals surface area contributed by atoms with Crippen LogP contribution in [-0.4, -0.2) is 51.2 Å². The van der Waals surface area contributed by atoms with Gasteiger partial charge in [0.15, 0.2) is 0 Å². The Labute approximate surface area is 132 Å². The fourth-order valence-electron chi connectivity index (χ4n) is 1.79. The summed E-state index contributed by atoms with van der Waals surface area (Å²) in [5.74, 6) is 0.0605. The van der Waals surface area contributed by atoms with Crippen LogP contribution in [0.4, 0.5) is 0 Å². The highest BCUT2D eigenvalue weighted by molar-refractivity contribution is 7.89. The zero-order chi connectivity index (χ0) is 16.6. The van der Waals surface area contributed by atoms with Crippen molar-refractivity contribution in [1.82, 2.24) is 14.0 Å². The van der Waals surface area contributed by atoms with Gasteiger partial charge in [0.2, 0.25) is 20.0 Å². The summed E-state index contributed by atoms with van der Waals surface area (Å²) in [6.07, 6.45) is 5.67. The van der Waals surface area contributed by atoms with Crippen molar-refractivity contribution in [1.29, 1.82) is 0 Å². The van der Waals surface area contributed by atoms with Gasteiger partial charge in [-0.1, -0.05) is 19.4 Å². The summed E-state index contributed by atoms with van der Waals surface area (Å²) in [5, 5.41) is 0. The maximum Gasteiger partial charge on any atom is 0.211 e. The first-order valence-electron chi connectivity index (χ1n) is 7.06. The molecular weight excluding hydrogens is 326 g/mol. The Balaban J connectivity index is 2.61. The number of sulfonamides is 2. The van der Waals surface area contributed by atoms with Gasteiger partial charge in [0, 0.05) is 32.0 Å².